The SMILES string of the molecule is CC(C)(C)OC(=O)NC(CCSCCC(=O)Nc1ccccc1)C(=O)O. The molecule has 144 valence electrons. The standard InChI is InChI=1S/C18H26N2O5S/c1-18(2,3)25-17(24)20-14(16(22)23)9-11-26-12-10-15(21)19-13-7-5-4-6-8-13/h4-8,14H,9-12H2,1-3H3,(H,19,21)(H,20,24)(H,22,23). The molecule has 8 heteroatoms. The summed E-state index contributed by atoms with van der Waals surface area (Å²) in [5.41, 5.74) is 0.0589. The summed E-state index contributed by atoms with van der Waals surface area (Å²) in [5, 5.41) is 14.3. The van der Waals surface area contributed by atoms with Gasteiger partial charge in [0.2, 0.25) is 5.91 Å². The van der Waals surface area contributed by atoms with E-state index in [2.05, 4.69) is 10.6 Å². The minimum atomic E-state index is -1.11. The fourth-order valence-electron chi connectivity index (χ4n) is 1.92. The van der Waals surface area contributed by atoms with E-state index in [1.807, 2.05) is 30.3 Å². The van der Waals surface area contributed by atoms with E-state index in [-0.39, 0.29) is 12.3 Å². The highest BCUT2D eigenvalue weighted by molar-refractivity contribution is 7.99. The highest BCUT2D eigenvalue weighted by Gasteiger charge is 2.23. The van der Waals surface area contributed by atoms with Crippen molar-refractivity contribution in [2.45, 2.75) is 45.3 Å². The smallest absolute Gasteiger partial charge is 0.408 e. The van der Waals surface area contributed by atoms with E-state index in [9.17, 15) is 19.5 Å². The van der Waals surface area contributed by atoms with E-state index in [0.717, 1.165) is 5.69 Å². The molecule has 7 nitrogen and oxygen atoms in total. The quantitative estimate of drug-likeness (QED) is 0.567. The van der Waals surface area contributed by atoms with Gasteiger partial charge in [-0.15, -0.1) is 0 Å². The Hall–Kier alpha value is -2.22. The summed E-state index contributed by atoms with van der Waals surface area (Å²) in [6, 6.07) is 8.16. The van der Waals surface area contributed by atoms with Gasteiger partial charge in [-0.3, -0.25) is 4.79 Å². The molecule has 3 N–H and O–H groups in total. The van der Waals surface area contributed by atoms with Crippen molar-refractivity contribution in [1.82, 2.24) is 5.32 Å². The number of alkyl carbamates (subject to hydrolysis) is 1. The second kappa shape index (κ2) is 10.7. The van der Waals surface area contributed by atoms with E-state index < -0.39 is 23.7 Å². The first-order chi connectivity index (χ1) is 12.2. The van der Waals surface area contributed by atoms with Crippen molar-refractivity contribution in [3.8, 4) is 0 Å². The molecule has 0 aliphatic heterocycles. The van der Waals surface area contributed by atoms with Crippen molar-refractivity contribution in [1.29, 1.82) is 0 Å². The van der Waals surface area contributed by atoms with Crippen molar-refractivity contribution in [3.05, 3.63) is 30.3 Å². The molecule has 1 atom stereocenters. The van der Waals surface area contributed by atoms with Crippen LogP contribution in [-0.2, 0) is 14.3 Å². The zero-order valence-corrected chi connectivity index (χ0v) is 16.1. The number of hydrogen-bond donors (Lipinski definition) is 3. The van der Waals surface area contributed by atoms with Crippen LogP contribution in [0.3, 0.4) is 0 Å². The van der Waals surface area contributed by atoms with Gasteiger partial charge >= 0.3 is 12.1 Å². The van der Waals surface area contributed by atoms with Crippen molar-refractivity contribution in [2.24, 2.45) is 0 Å². The Bertz CT molecular complexity index is 601. The van der Waals surface area contributed by atoms with Crippen LogP contribution in [0.1, 0.15) is 33.6 Å². The zero-order valence-electron chi connectivity index (χ0n) is 15.3. The van der Waals surface area contributed by atoms with Crippen molar-refractivity contribution >= 4 is 35.4 Å². The van der Waals surface area contributed by atoms with Crippen molar-refractivity contribution in [3.63, 3.8) is 0 Å². The number of para-hydroxylation sites is 1. The minimum Gasteiger partial charge on any atom is -0.480 e. The van der Waals surface area contributed by atoms with E-state index in [1.165, 1.54) is 11.8 Å². The molecule has 0 aromatic heterocycles. The molecule has 0 radical (unpaired) electrons. The second-order valence-corrected chi connectivity index (χ2v) is 7.83. The number of benzene rings is 1. The summed E-state index contributed by atoms with van der Waals surface area (Å²) in [7, 11) is 0. The van der Waals surface area contributed by atoms with Crippen LogP contribution in [0, 0.1) is 0 Å². The number of carbonyl (C=O) groups excluding carboxylic acids is 2. The molecule has 0 heterocycles. The Morgan fingerprint density at radius 2 is 1.81 bits per heavy atom. The van der Waals surface area contributed by atoms with Crippen LogP contribution in [0.2, 0.25) is 0 Å². The van der Waals surface area contributed by atoms with Gasteiger partial charge in [0.05, 0.1) is 0 Å². The highest BCUT2D eigenvalue weighted by Crippen LogP contribution is 2.11. The number of anilines is 1. The molecular weight excluding hydrogens is 356 g/mol. The Balaban J connectivity index is 2.25. The average molecular weight is 382 g/mol. The molecule has 0 saturated carbocycles. The number of aliphatic carboxylic acids is 1. The maximum Gasteiger partial charge on any atom is 0.408 e. The third-order valence-electron chi connectivity index (χ3n) is 3.07. The first-order valence-electron chi connectivity index (χ1n) is 8.32. The van der Waals surface area contributed by atoms with Crippen LogP contribution in [-0.4, -0.2) is 46.2 Å². The van der Waals surface area contributed by atoms with Crippen LogP contribution >= 0.6 is 11.8 Å². The maximum atomic E-state index is 11.8. The third kappa shape index (κ3) is 9.93. The highest BCUT2D eigenvalue weighted by atomic mass is 32.2. The number of carboxylic acid groups (broad SMARTS) is 1. The Labute approximate surface area is 157 Å². The van der Waals surface area contributed by atoms with E-state index in [1.54, 1.807) is 20.8 Å². The van der Waals surface area contributed by atoms with Gasteiger partial charge in [-0.2, -0.15) is 11.8 Å². The molecule has 26 heavy (non-hydrogen) atoms. The van der Waals surface area contributed by atoms with E-state index in [0.29, 0.717) is 17.9 Å². The number of rotatable bonds is 9. The zero-order chi connectivity index (χ0) is 19.6. The van der Waals surface area contributed by atoms with Gasteiger partial charge in [-0.05, 0) is 45.1 Å². The predicted molar refractivity (Wildman–Crippen MR) is 102 cm³/mol. The fourth-order valence-corrected chi connectivity index (χ4v) is 2.86. The lowest BCUT2D eigenvalue weighted by atomic mass is 10.2. The summed E-state index contributed by atoms with van der Waals surface area (Å²) >= 11 is 1.46. The molecule has 0 saturated heterocycles. The van der Waals surface area contributed by atoms with Crippen LogP contribution in [0.4, 0.5) is 10.5 Å². The lowest BCUT2D eigenvalue weighted by Crippen LogP contribution is -2.43. The Morgan fingerprint density at radius 3 is 2.38 bits per heavy atom. The molecule has 1 rings (SSSR count). The summed E-state index contributed by atoms with van der Waals surface area (Å²) in [6.45, 7) is 5.12. The normalized spacial score (nSPS) is 12.1. The van der Waals surface area contributed by atoms with Gasteiger partial charge in [0.15, 0.2) is 0 Å². The van der Waals surface area contributed by atoms with Gasteiger partial charge in [0.1, 0.15) is 11.6 Å². The van der Waals surface area contributed by atoms with Gasteiger partial charge < -0.3 is 20.5 Å². The van der Waals surface area contributed by atoms with Gasteiger partial charge in [0.25, 0.3) is 0 Å². The fraction of sp³-hybridized carbons (Fsp3) is 0.500. The van der Waals surface area contributed by atoms with Crippen LogP contribution in [0.25, 0.3) is 0 Å². The molecule has 1 aromatic rings. The topological polar surface area (TPSA) is 105 Å². The summed E-state index contributed by atoms with van der Waals surface area (Å²) in [6.07, 6.45) is -0.173. The molecule has 0 bridgehead atoms. The minimum absolute atomic E-state index is 0.0923. The molecule has 0 aliphatic carbocycles. The molecule has 1 unspecified atom stereocenters. The second-order valence-electron chi connectivity index (χ2n) is 6.60. The lowest BCUT2D eigenvalue weighted by molar-refractivity contribution is -0.139. The van der Waals surface area contributed by atoms with Gasteiger partial charge in [0, 0.05) is 17.9 Å². The summed E-state index contributed by atoms with van der Waals surface area (Å²) in [5.74, 6) is -0.133. The molecule has 2 amide bonds. The Kier molecular flexibility index (Phi) is 8.98. The van der Waals surface area contributed by atoms with Crippen LogP contribution in [0.5, 0.6) is 0 Å². The molecule has 0 fully saturated rings. The number of amides is 2. The van der Waals surface area contributed by atoms with Gasteiger partial charge in [-0.25, -0.2) is 9.59 Å². The van der Waals surface area contributed by atoms with Crippen molar-refractivity contribution in [2.75, 3.05) is 16.8 Å². The lowest BCUT2D eigenvalue weighted by Gasteiger charge is -2.21. The molecule has 0 aliphatic rings. The third-order valence-corrected chi connectivity index (χ3v) is 4.09. The predicted octanol–water partition coefficient (Wildman–Crippen LogP) is 3.12. The number of thioether (sulfide) groups is 1. The first kappa shape index (κ1) is 21.8. The van der Waals surface area contributed by atoms with E-state index >= 15 is 0 Å². The van der Waals surface area contributed by atoms with Crippen LogP contribution < -0.4 is 10.6 Å². The monoisotopic (exact) mass is 382 g/mol. The largest absolute Gasteiger partial charge is 0.480 e. The summed E-state index contributed by atoms with van der Waals surface area (Å²) in [4.78, 5) is 34.7. The number of hydrogen-bond acceptors (Lipinski definition) is 5. The van der Waals surface area contributed by atoms with Gasteiger partial charge in [-0.1, -0.05) is 18.2 Å². The molecular formula is C18H26N2O5S. The van der Waals surface area contributed by atoms with Crippen molar-refractivity contribution < 1.29 is 24.2 Å². The van der Waals surface area contributed by atoms with Crippen LogP contribution in [0.15, 0.2) is 30.3 Å². The number of ether oxygens (including phenoxy) is 1. The maximum absolute atomic E-state index is 11.8. The molecule has 0 spiro atoms. The number of carboxylic acids is 1. The number of carbonyl (C=O) groups is 3. The summed E-state index contributed by atoms with van der Waals surface area (Å²) < 4.78 is 5.06. The first-order valence-corrected chi connectivity index (χ1v) is 9.48. The number of nitrogens with one attached hydrogen (secondary N) is 2. The molecule has 1 aromatic carbocycles. The van der Waals surface area contributed by atoms with E-state index in [4.69, 9.17) is 4.74 Å². The Morgan fingerprint density at radius 1 is 1.15 bits per heavy atom. The average Bonchev–Trinajstić information content (AvgIpc) is 2.52.